The van der Waals surface area contributed by atoms with Gasteiger partial charge in [-0.2, -0.15) is 5.10 Å². The summed E-state index contributed by atoms with van der Waals surface area (Å²) >= 11 is 0. The van der Waals surface area contributed by atoms with Gasteiger partial charge >= 0.3 is 0 Å². The minimum Gasteiger partial charge on any atom is -0.357 e. The van der Waals surface area contributed by atoms with Gasteiger partial charge in [-0.15, -0.1) is 0 Å². The molecule has 0 aliphatic carbocycles. The van der Waals surface area contributed by atoms with E-state index < -0.39 is 0 Å². The molecular weight excluding hydrogens is 270 g/mol. The van der Waals surface area contributed by atoms with Crippen molar-refractivity contribution in [1.82, 2.24) is 30.7 Å². The van der Waals surface area contributed by atoms with Gasteiger partial charge in [0.1, 0.15) is 18.7 Å². The fourth-order valence-electron chi connectivity index (χ4n) is 1.58. The van der Waals surface area contributed by atoms with E-state index in [1.54, 1.807) is 4.68 Å². The van der Waals surface area contributed by atoms with Crippen LogP contribution in [-0.2, 0) is 18.4 Å². The van der Waals surface area contributed by atoms with E-state index in [1.807, 2.05) is 34.7 Å². The third kappa shape index (κ3) is 6.73. The maximum absolute atomic E-state index is 11.8. The van der Waals surface area contributed by atoms with Crippen LogP contribution in [0.1, 0.15) is 33.5 Å². The highest BCUT2D eigenvalue weighted by molar-refractivity contribution is 5.86. The van der Waals surface area contributed by atoms with Crippen LogP contribution in [0.25, 0.3) is 0 Å². The lowest BCUT2D eigenvalue weighted by molar-refractivity contribution is -0.121. The monoisotopic (exact) mass is 295 g/mol. The number of aliphatic imine (C=N–C) groups is 1. The predicted molar refractivity (Wildman–Crippen MR) is 81.7 cm³/mol. The van der Waals surface area contributed by atoms with Gasteiger partial charge in [-0.25, -0.2) is 9.98 Å². The van der Waals surface area contributed by atoms with Gasteiger partial charge in [-0.3, -0.25) is 9.48 Å². The molecule has 0 saturated heterocycles. The Kier molecular flexibility index (Phi) is 6.13. The molecule has 8 heteroatoms. The van der Waals surface area contributed by atoms with E-state index in [9.17, 15) is 4.79 Å². The number of aryl methyl sites for hydroxylation is 1. The van der Waals surface area contributed by atoms with Gasteiger partial charge in [0.2, 0.25) is 5.91 Å². The minimum absolute atomic E-state index is 0.0771. The second kappa shape index (κ2) is 7.61. The summed E-state index contributed by atoms with van der Waals surface area (Å²) in [7, 11) is 1.81. The number of carbonyl (C=O) groups is 1. The fourth-order valence-corrected chi connectivity index (χ4v) is 1.58. The summed E-state index contributed by atoms with van der Waals surface area (Å²) < 4.78 is 1.67. The van der Waals surface area contributed by atoms with Gasteiger partial charge in [0.15, 0.2) is 5.96 Å². The highest BCUT2D eigenvalue weighted by Crippen LogP contribution is 1.97. The molecule has 1 amide bonds. The first kappa shape index (κ1) is 16.9. The predicted octanol–water partition coefficient (Wildman–Crippen LogP) is -0.215. The summed E-state index contributed by atoms with van der Waals surface area (Å²) in [6, 6.07) is 0. The summed E-state index contributed by atoms with van der Waals surface area (Å²) in [4.78, 5) is 20.2. The molecule has 0 atom stereocenters. The van der Waals surface area contributed by atoms with Crippen LogP contribution < -0.4 is 16.0 Å². The molecule has 0 bridgehead atoms. The third-order valence-electron chi connectivity index (χ3n) is 2.46. The van der Waals surface area contributed by atoms with Gasteiger partial charge in [0.05, 0.1) is 6.54 Å². The highest BCUT2D eigenvalue weighted by Gasteiger charge is 2.13. The Hall–Kier alpha value is -2.12. The lowest BCUT2D eigenvalue weighted by Gasteiger charge is -2.21. The first-order chi connectivity index (χ1) is 9.81. The van der Waals surface area contributed by atoms with Crippen LogP contribution in [0.3, 0.4) is 0 Å². The molecule has 1 aromatic rings. The zero-order valence-corrected chi connectivity index (χ0v) is 13.4. The number of aromatic nitrogens is 3. The van der Waals surface area contributed by atoms with Crippen molar-refractivity contribution in [2.75, 3.05) is 13.1 Å². The molecule has 3 N–H and O–H groups in total. The largest absolute Gasteiger partial charge is 0.357 e. The first-order valence-corrected chi connectivity index (χ1v) is 6.98. The molecule has 0 unspecified atom stereocenters. The van der Waals surface area contributed by atoms with E-state index in [1.165, 1.54) is 6.33 Å². The molecule has 0 aliphatic rings. The van der Waals surface area contributed by atoms with Crippen molar-refractivity contribution < 1.29 is 4.79 Å². The SMILES string of the molecule is CCNC(=NCc1ncnn1C)NCC(=O)NC(C)(C)C. The second-order valence-corrected chi connectivity index (χ2v) is 5.65. The van der Waals surface area contributed by atoms with Crippen molar-refractivity contribution in [3.05, 3.63) is 12.2 Å². The standard InChI is InChI=1S/C13H25N7O/c1-6-14-12(15-7-10-17-9-18-20(10)5)16-8-11(21)19-13(2,3)4/h9H,6-8H2,1-5H3,(H,19,21)(H2,14,15,16). The Bertz CT molecular complexity index is 487. The Morgan fingerprint density at radius 2 is 2.10 bits per heavy atom. The number of rotatable bonds is 5. The molecule has 0 radical (unpaired) electrons. The molecule has 21 heavy (non-hydrogen) atoms. The summed E-state index contributed by atoms with van der Waals surface area (Å²) in [6.07, 6.45) is 1.49. The van der Waals surface area contributed by atoms with Crippen LogP contribution in [0.4, 0.5) is 0 Å². The quantitative estimate of drug-likeness (QED) is 0.516. The van der Waals surface area contributed by atoms with E-state index in [0.29, 0.717) is 19.0 Å². The molecule has 8 nitrogen and oxygen atoms in total. The van der Waals surface area contributed by atoms with Crippen molar-refractivity contribution in [1.29, 1.82) is 0 Å². The number of amides is 1. The average Bonchev–Trinajstić information content (AvgIpc) is 2.76. The van der Waals surface area contributed by atoms with Crippen LogP contribution in [0.2, 0.25) is 0 Å². The third-order valence-corrected chi connectivity index (χ3v) is 2.46. The van der Waals surface area contributed by atoms with Crippen LogP contribution >= 0.6 is 0 Å². The number of nitrogens with one attached hydrogen (secondary N) is 3. The van der Waals surface area contributed by atoms with Gasteiger partial charge in [-0.05, 0) is 27.7 Å². The molecule has 0 spiro atoms. The zero-order valence-electron chi connectivity index (χ0n) is 13.4. The number of guanidine groups is 1. The van der Waals surface area contributed by atoms with Crippen LogP contribution in [-0.4, -0.2) is 45.3 Å². The number of hydrogen-bond donors (Lipinski definition) is 3. The van der Waals surface area contributed by atoms with Gasteiger partial charge in [0.25, 0.3) is 0 Å². The van der Waals surface area contributed by atoms with E-state index in [2.05, 4.69) is 31.0 Å². The van der Waals surface area contributed by atoms with Gasteiger partial charge in [0, 0.05) is 19.1 Å². The zero-order chi connectivity index (χ0) is 15.9. The van der Waals surface area contributed by atoms with Crippen LogP contribution in [0, 0.1) is 0 Å². The second-order valence-electron chi connectivity index (χ2n) is 5.65. The average molecular weight is 295 g/mol. The van der Waals surface area contributed by atoms with Gasteiger partial charge in [-0.1, -0.05) is 0 Å². The molecule has 1 aromatic heterocycles. The van der Waals surface area contributed by atoms with Crippen molar-refractivity contribution >= 4 is 11.9 Å². The molecule has 1 rings (SSSR count). The molecule has 0 saturated carbocycles. The van der Waals surface area contributed by atoms with Crippen molar-refractivity contribution in [3.63, 3.8) is 0 Å². The maximum atomic E-state index is 11.8. The maximum Gasteiger partial charge on any atom is 0.239 e. The molecule has 1 heterocycles. The normalized spacial score (nSPS) is 12.1. The Labute approximate surface area is 125 Å². The summed E-state index contributed by atoms with van der Waals surface area (Å²) in [5, 5.41) is 12.9. The van der Waals surface area contributed by atoms with E-state index in [0.717, 1.165) is 5.82 Å². The van der Waals surface area contributed by atoms with Crippen LogP contribution in [0.5, 0.6) is 0 Å². The molecular formula is C13H25N7O. The number of carbonyl (C=O) groups excluding carboxylic acids is 1. The minimum atomic E-state index is -0.243. The fraction of sp³-hybridized carbons (Fsp3) is 0.692. The summed E-state index contributed by atoms with van der Waals surface area (Å²) in [5.41, 5.74) is -0.243. The summed E-state index contributed by atoms with van der Waals surface area (Å²) in [6.45, 7) is 9.07. The van der Waals surface area contributed by atoms with Gasteiger partial charge < -0.3 is 16.0 Å². The Morgan fingerprint density at radius 1 is 1.38 bits per heavy atom. The van der Waals surface area contributed by atoms with E-state index >= 15 is 0 Å². The Balaban J connectivity index is 2.53. The topological polar surface area (TPSA) is 96.2 Å². The smallest absolute Gasteiger partial charge is 0.239 e. The highest BCUT2D eigenvalue weighted by atomic mass is 16.2. The van der Waals surface area contributed by atoms with E-state index in [4.69, 9.17) is 0 Å². The number of hydrogen-bond acceptors (Lipinski definition) is 4. The lowest BCUT2D eigenvalue weighted by Crippen LogP contribution is -2.48. The van der Waals surface area contributed by atoms with Crippen LogP contribution in [0.15, 0.2) is 11.3 Å². The number of nitrogens with zero attached hydrogens (tertiary/aromatic N) is 4. The summed E-state index contributed by atoms with van der Waals surface area (Å²) in [5.74, 6) is 1.25. The Morgan fingerprint density at radius 3 is 2.62 bits per heavy atom. The molecule has 0 fully saturated rings. The molecule has 0 aliphatic heterocycles. The van der Waals surface area contributed by atoms with Crippen molar-refractivity contribution in [2.24, 2.45) is 12.0 Å². The van der Waals surface area contributed by atoms with Crippen molar-refractivity contribution in [3.8, 4) is 0 Å². The van der Waals surface area contributed by atoms with Crippen molar-refractivity contribution in [2.45, 2.75) is 39.8 Å². The lowest BCUT2D eigenvalue weighted by atomic mass is 10.1. The molecule has 118 valence electrons. The first-order valence-electron chi connectivity index (χ1n) is 6.98. The van der Waals surface area contributed by atoms with E-state index in [-0.39, 0.29) is 18.0 Å². The molecule has 0 aromatic carbocycles.